The summed E-state index contributed by atoms with van der Waals surface area (Å²) in [7, 11) is 0. The second-order valence-electron chi connectivity index (χ2n) is 3.93. The van der Waals surface area contributed by atoms with E-state index in [9.17, 15) is 9.59 Å². The molecule has 0 spiro atoms. The number of thiazole rings is 1. The first kappa shape index (κ1) is 13.2. The lowest BCUT2D eigenvalue weighted by atomic mass is 10.1. The van der Waals surface area contributed by atoms with Crippen molar-refractivity contribution in [2.75, 3.05) is 0 Å². The fourth-order valence-electron chi connectivity index (χ4n) is 1.50. The van der Waals surface area contributed by atoms with Crippen LogP contribution in [0.5, 0.6) is 0 Å². The zero-order chi connectivity index (χ0) is 13.8. The van der Waals surface area contributed by atoms with E-state index in [0.717, 1.165) is 10.6 Å². The van der Waals surface area contributed by atoms with Crippen molar-refractivity contribution in [3.63, 3.8) is 0 Å². The van der Waals surface area contributed by atoms with Gasteiger partial charge in [0, 0.05) is 6.54 Å². The van der Waals surface area contributed by atoms with Crippen LogP contribution in [-0.2, 0) is 6.54 Å². The van der Waals surface area contributed by atoms with Gasteiger partial charge in [0.25, 0.3) is 5.91 Å². The maximum atomic E-state index is 11.8. The molecule has 1 heterocycles. The average Bonchev–Trinajstić information content (AvgIpc) is 2.83. The summed E-state index contributed by atoms with van der Waals surface area (Å²) < 4.78 is 0. The Bertz CT molecular complexity index is 605. The lowest BCUT2D eigenvalue weighted by Crippen LogP contribution is -2.21. The molecule has 0 saturated heterocycles. The SMILES string of the molecule is Cc1ncc(C(=O)NCc2ccc(C(=O)O)cc2)s1. The monoisotopic (exact) mass is 276 g/mol. The van der Waals surface area contributed by atoms with Crippen LogP contribution in [0.15, 0.2) is 30.5 Å². The molecule has 0 saturated carbocycles. The van der Waals surface area contributed by atoms with Crippen molar-refractivity contribution in [3.8, 4) is 0 Å². The second kappa shape index (κ2) is 5.62. The predicted octanol–water partition coefficient (Wildman–Crippen LogP) is 2.08. The largest absolute Gasteiger partial charge is 0.478 e. The number of aryl methyl sites for hydroxylation is 1. The lowest BCUT2D eigenvalue weighted by Gasteiger charge is -2.04. The van der Waals surface area contributed by atoms with E-state index in [2.05, 4.69) is 10.3 Å². The minimum atomic E-state index is -0.962. The highest BCUT2D eigenvalue weighted by atomic mass is 32.1. The zero-order valence-corrected chi connectivity index (χ0v) is 11.0. The summed E-state index contributed by atoms with van der Waals surface area (Å²) in [5.41, 5.74) is 1.08. The number of aromatic carboxylic acids is 1. The van der Waals surface area contributed by atoms with Crippen molar-refractivity contribution in [1.82, 2.24) is 10.3 Å². The Morgan fingerprint density at radius 2 is 2.00 bits per heavy atom. The third-order valence-corrected chi connectivity index (χ3v) is 3.41. The number of hydrogen-bond donors (Lipinski definition) is 2. The Morgan fingerprint density at radius 1 is 1.32 bits per heavy atom. The fourth-order valence-corrected chi connectivity index (χ4v) is 2.19. The quantitative estimate of drug-likeness (QED) is 0.896. The Labute approximate surface area is 113 Å². The van der Waals surface area contributed by atoms with Gasteiger partial charge in [-0.1, -0.05) is 12.1 Å². The molecule has 6 heteroatoms. The molecule has 2 aromatic rings. The van der Waals surface area contributed by atoms with Crippen molar-refractivity contribution in [2.45, 2.75) is 13.5 Å². The predicted molar refractivity (Wildman–Crippen MR) is 71.4 cm³/mol. The van der Waals surface area contributed by atoms with Gasteiger partial charge in [-0.05, 0) is 24.6 Å². The Balaban J connectivity index is 1.95. The minimum Gasteiger partial charge on any atom is -0.478 e. The summed E-state index contributed by atoms with van der Waals surface area (Å²) in [6.07, 6.45) is 1.54. The van der Waals surface area contributed by atoms with E-state index in [0.29, 0.717) is 11.4 Å². The lowest BCUT2D eigenvalue weighted by molar-refractivity contribution is 0.0696. The maximum absolute atomic E-state index is 11.8. The van der Waals surface area contributed by atoms with Crippen molar-refractivity contribution >= 4 is 23.2 Å². The molecule has 5 nitrogen and oxygen atoms in total. The van der Waals surface area contributed by atoms with Gasteiger partial charge in [0.15, 0.2) is 0 Å². The van der Waals surface area contributed by atoms with E-state index in [-0.39, 0.29) is 11.5 Å². The first-order valence-corrected chi connectivity index (χ1v) is 6.41. The normalized spacial score (nSPS) is 10.2. The van der Waals surface area contributed by atoms with Crippen molar-refractivity contribution in [1.29, 1.82) is 0 Å². The van der Waals surface area contributed by atoms with Gasteiger partial charge in [-0.3, -0.25) is 4.79 Å². The van der Waals surface area contributed by atoms with E-state index in [4.69, 9.17) is 5.11 Å². The summed E-state index contributed by atoms with van der Waals surface area (Å²) in [5.74, 6) is -1.14. The van der Waals surface area contributed by atoms with Gasteiger partial charge in [-0.25, -0.2) is 9.78 Å². The number of hydrogen-bond acceptors (Lipinski definition) is 4. The topological polar surface area (TPSA) is 79.3 Å². The molecule has 0 aliphatic heterocycles. The molecule has 0 aliphatic carbocycles. The Morgan fingerprint density at radius 3 is 2.53 bits per heavy atom. The van der Waals surface area contributed by atoms with E-state index < -0.39 is 5.97 Å². The number of benzene rings is 1. The number of nitrogens with one attached hydrogen (secondary N) is 1. The number of nitrogens with zero attached hydrogens (tertiary/aromatic N) is 1. The third kappa shape index (κ3) is 3.38. The first-order valence-electron chi connectivity index (χ1n) is 5.59. The van der Waals surface area contributed by atoms with E-state index >= 15 is 0 Å². The molecule has 2 rings (SSSR count). The molecule has 0 aliphatic rings. The van der Waals surface area contributed by atoms with Crippen LogP contribution < -0.4 is 5.32 Å². The van der Waals surface area contributed by atoms with Crippen LogP contribution in [0.3, 0.4) is 0 Å². The molecular formula is C13H12N2O3S. The number of rotatable bonds is 4. The van der Waals surface area contributed by atoms with Gasteiger partial charge >= 0.3 is 5.97 Å². The van der Waals surface area contributed by atoms with Gasteiger partial charge < -0.3 is 10.4 Å². The molecule has 1 amide bonds. The van der Waals surface area contributed by atoms with Crippen LogP contribution in [0.4, 0.5) is 0 Å². The highest BCUT2D eigenvalue weighted by molar-refractivity contribution is 7.13. The number of amides is 1. The molecule has 0 radical (unpaired) electrons. The molecule has 1 aromatic heterocycles. The van der Waals surface area contributed by atoms with Crippen LogP contribution >= 0.6 is 11.3 Å². The van der Waals surface area contributed by atoms with E-state index in [1.165, 1.54) is 23.5 Å². The van der Waals surface area contributed by atoms with Crippen LogP contribution in [0.2, 0.25) is 0 Å². The molecule has 0 bridgehead atoms. The van der Waals surface area contributed by atoms with Gasteiger partial charge in [0.2, 0.25) is 0 Å². The smallest absolute Gasteiger partial charge is 0.335 e. The number of carboxylic acid groups (broad SMARTS) is 1. The maximum Gasteiger partial charge on any atom is 0.335 e. The molecule has 0 fully saturated rings. The number of carbonyl (C=O) groups excluding carboxylic acids is 1. The van der Waals surface area contributed by atoms with Crippen molar-refractivity contribution in [3.05, 3.63) is 51.5 Å². The highest BCUT2D eigenvalue weighted by Gasteiger charge is 2.08. The van der Waals surface area contributed by atoms with Crippen LogP contribution in [0.25, 0.3) is 0 Å². The fraction of sp³-hybridized carbons (Fsp3) is 0.154. The Hall–Kier alpha value is -2.21. The van der Waals surface area contributed by atoms with E-state index in [1.54, 1.807) is 18.3 Å². The molecule has 19 heavy (non-hydrogen) atoms. The number of carbonyl (C=O) groups is 2. The van der Waals surface area contributed by atoms with E-state index in [1.807, 2.05) is 6.92 Å². The van der Waals surface area contributed by atoms with Gasteiger partial charge in [0.1, 0.15) is 4.88 Å². The third-order valence-electron chi connectivity index (χ3n) is 2.50. The first-order chi connectivity index (χ1) is 9.06. The molecule has 2 N–H and O–H groups in total. The summed E-state index contributed by atoms with van der Waals surface area (Å²) in [6.45, 7) is 2.20. The molecule has 0 atom stereocenters. The summed E-state index contributed by atoms with van der Waals surface area (Å²) in [6, 6.07) is 6.39. The van der Waals surface area contributed by atoms with Crippen LogP contribution in [0.1, 0.15) is 30.6 Å². The van der Waals surface area contributed by atoms with Crippen molar-refractivity contribution in [2.24, 2.45) is 0 Å². The van der Waals surface area contributed by atoms with Crippen LogP contribution in [-0.4, -0.2) is 22.0 Å². The highest BCUT2D eigenvalue weighted by Crippen LogP contribution is 2.11. The number of aromatic nitrogens is 1. The summed E-state index contributed by atoms with van der Waals surface area (Å²) >= 11 is 1.34. The van der Waals surface area contributed by atoms with Gasteiger partial charge in [0.05, 0.1) is 16.8 Å². The number of carboxylic acids is 1. The molecular weight excluding hydrogens is 264 g/mol. The zero-order valence-electron chi connectivity index (χ0n) is 10.2. The van der Waals surface area contributed by atoms with Gasteiger partial charge in [-0.15, -0.1) is 11.3 Å². The Kier molecular flexibility index (Phi) is 3.91. The van der Waals surface area contributed by atoms with Crippen LogP contribution in [0, 0.1) is 6.92 Å². The standard InChI is InChI=1S/C13H12N2O3S/c1-8-14-7-11(19-8)12(16)15-6-9-2-4-10(5-3-9)13(17)18/h2-5,7H,6H2,1H3,(H,15,16)(H,17,18). The minimum absolute atomic E-state index is 0.173. The molecule has 1 aromatic carbocycles. The van der Waals surface area contributed by atoms with Gasteiger partial charge in [-0.2, -0.15) is 0 Å². The second-order valence-corrected chi connectivity index (χ2v) is 5.16. The van der Waals surface area contributed by atoms with Crippen molar-refractivity contribution < 1.29 is 14.7 Å². The molecule has 0 unspecified atom stereocenters. The average molecular weight is 276 g/mol. The molecule has 98 valence electrons. The summed E-state index contributed by atoms with van der Waals surface area (Å²) in [5, 5.41) is 12.4. The summed E-state index contributed by atoms with van der Waals surface area (Å²) in [4.78, 5) is 27.0.